The van der Waals surface area contributed by atoms with Crippen LogP contribution < -0.4 is 5.32 Å². The van der Waals surface area contributed by atoms with Crippen LogP contribution in [-0.4, -0.2) is 21.7 Å². The van der Waals surface area contributed by atoms with E-state index in [0.29, 0.717) is 49.9 Å². The van der Waals surface area contributed by atoms with Crippen molar-refractivity contribution in [2.75, 3.05) is 0 Å². The second-order valence-corrected chi connectivity index (χ2v) is 5.49. The third kappa shape index (κ3) is 3.66. The normalized spacial score (nSPS) is 18.2. The van der Waals surface area contributed by atoms with Crippen LogP contribution in [0, 0.1) is 12.3 Å². The Balaban J connectivity index is 1.37. The molecule has 7 nitrogen and oxygen atoms in total. The summed E-state index contributed by atoms with van der Waals surface area (Å²) in [6.07, 6.45) is 9.75. The molecular formula is C14H17N5O2. The Morgan fingerprint density at radius 3 is 2.90 bits per heavy atom. The van der Waals surface area contributed by atoms with Crippen molar-refractivity contribution in [3.8, 4) is 12.3 Å². The molecule has 0 spiro atoms. The van der Waals surface area contributed by atoms with E-state index >= 15 is 0 Å². The molecule has 1 N–H and O–H groups in total. The van der Waals surface area contributed by atoms with Crippen molar-refractivity contribution in [2.45, 2.75) is 56.7 Å². The maximum atomic E-state index is 11.8. The molecule has 1 aromatic rings. The van der Waals surface area contributed by atoms with E-state index in [1.807, 2.05) is 0 Å². The lowest BCUT2D eigenvalue weighted by Crippen LogP contribution is -2.25. The van der Waals surface area contributed by atoms with E-state index in [9.17, 15) is 4.79 Å². The summed E-state index contributed by atoms with van der Waals surface area (Å²) in [5.41, 5.74) is -0.408. The summed E-state index contributed by atoms with van der Waals surface area (Å²) in [5.74, 6) is 4.13. The highest BCUT2D eigenvalue weighted by Gasteiger charge is 2.39. The number of nitrogens with one attached hydrogen (secondary N) is 1. The summed E-state index contributed by atoms with van der Waals surface area (Å²) >= 11 is 0. The largest absolute Gasteiger partial charge is 0.349 e. The minimum absolute atomic E-state index is 0.0647. The van der Waals surface area contributed by atoms with Crippen molar-refractivity contribution in [3.05, 3.63) is 11.7 Å². The fourth-order valence-corrected chi connectivity index (χ4v) is 2.08. The van der Waals surface area contributed by atoms with Gasteiger partial charge in [-0.25, -0.2) is 0 Å². The highest BCUT2D eigenvalue weighted by atomic mass is 16.5. The monoisotopic (exact) mass is 287 g/mol. The number of hydrogen-bond donors (Lipinski definition) is 1. The Morgan fingerprint density at radius 2 is 2.24 bits per heavy atom. The molecule has 1 saturated carbocycles. The minimum atomic E-state index is -0.408. The van der Waals surface area contributed by atoms with Crippen molar-refractivity contribution in [1.82, 2.24) is 15.5 Å². The summed E-state index contributed by atoms with van der Waals surface area (Å²) in [6.45, 7) is 0.292. The molecule has 0 aromatic carbocycles. The van der Waals surface area contributed by atoms with Crippen molar-refractivity contribution < 1.29 is 9.32 Å². The first-order valence-corrected chi connectivity index (χ1v) is 7.17. The van der Waals surface area contributed by atoms with E-state index in [-0.39, 0.29) is 5.91 Å². The van der Waals surface area contributed by atoms with E-state index in [1.54, 1.807) is 0 Å². The van der Waals surface area contributed by atoms with E-state index in [2.05, 4.69) is 31.6 Å². The van der Waals surface area contributed by atoms with Gasteiger partial charge in [0.05, 0.1) is 6.54 Å². The van der Waals surface area contributed by atoms with Gasteiger partial charge in [-0.05, 0) is 12.8 Å². The highest BCUT2D eigenvalue weighted by Crippen LogP contribution is 2.39. The number of amides is 1. The Morgan fingerprint density at radius 1 is 1.43 bits per heavy atom. The molecule has 21 heavy (non-hydrogen) atoms. The first-order valence-electron chi connectivity index (χ1n) is 7.17. The van der Waals surface area contributed by atoms with Crippen LogP contribution in [0.25, 0.3) is 0 Å². The molecule has 3 rings (SSSR count). The third-order valence-electron chi connectivity index (χ3n) is 3.66. The van der Waals surface area contributed by atoms with Crippen molar-refractivity contribution in [3.63, 3.8) is 0 Å². The molecule has 2 heterocycles. The topological polar surface area (TPSA) is 92.7 Å². The van der Waals surface area contributed by atoms with Crippen molar-refractivity contribution in [1.29, 1.82) is 0 Å². The van der Waals surface area contributed by atoms with Gasteiger partial charge in [-0.3, -0.25) is 4.79 Å². The van der Waals surface area contributed by atoms with Crippen LogP contribution in [0.1, 0.15) is 56.2 Å². The molecule has 0 radical (unpaired) electrons. The predicted molar refractivity (Wildman–Crippen MR) is 73.0 cm³/mol. The SMILES string of the molecule is C#CCCC1(CCC(=O)NCc2noc(C3CC3)n2)N=N1. The van der Waals surface area contributed by atoms with Gasteiger partial charge in [0.2, 0.25) is 11.8 Å². The second-order valence-electron chi connectivity index (χ2n) is 5.49. The molecule has 1 aliphatic carbocycles. The Kier molecular flexibility index (Phi) is 3.69. The van der Waals surface area contributed by atoms with Gasteiger partial charge in [0.1, 0.15) is 0 Å². The number of carbonyl (C=O) groups is 1. The molecule has 1 aromatic heterocycles. The van der Waals surface area contributed by atoms with Crippen LogP contribution >= 0.6 is 0 Å². The predicted octanol–water partition coefficient (Wildman–Crippen LogP) is 1.92. The van der Waals surface area contributed by atoms with Crippen LogP contribution in [0.4, 0.5) is 0 Å². The molecule has 2 aliphatic rings. The minimum Gasteiger partial charge on any atom is -0.349 e. The maximum Gasteiger partial charge on any atom is 0.229 e. The van der Waals surface area contributed by atoms with E-state index < -0.39 is 5.66 Å². The van der Waals surface area contributed by atoms with Gasteiger partial charge < -0.3 is 9.84 Å². The molecule has 1 amide bonds. The fourth-order valence-electron chi connectivity index (χ4n) is 2.08. The number of rotatable bonds is 8. The van der Waals surface area contributed by atoms with Gasteiger partial charge in [-0.2, -0.15) is 15.2 Å². The van der Waals surface area contributed by atoms with Crippen LogP contribution in [-0.2, 0) is 11.3 Å². The lowest BCUT2D eigenvalue weighted by atomic mass is 10.0. The number of carbonyl (C=O) groups excluding carboxylic acids is 1. The zero-order valence-electron chi connectivity index (χ0n) is 11.7. The number of terminal acetylenes is 1. The first kappa shape index (κ1) is 13.7. The smallest absolute Gasteiger partial charge is 0.229 e. The van der Waals surface area contributed by atoms with Gasteiger partial charge in [-0.1, -0.05) is 5.16 Å². The second kappa shape index (κ2) is 5.64. The average molecular weight is 287 g/mol. The average Bonchev–Trinajstić information content (AvgIpc) is 3.42. The fraction of sp³-hybridized carbons (Fsp3) is 0.643. The van der Waals surface area contributed by atoms with Gasteiger partial charge >= 0.3 is 0 Å². The molecule has 0 bridgehead atoms. The molecule has 0 saturated heterocycles. The maximum absolute atomic E-state index is 11.8. The Hall–Kier alpha value is -2.23. The van der Waals surface area contributed by atoms with E-state index in [0.717, 1.165) is 12.8 Å². The van der Waals surface area contributed by atoms with Crippen molar-refractivity contribution >= 4 is 5.91 Å². The molecule has 0 unspecified atom stereocenters. The van der Waals surface area contributed by atoms with E-state index in [1.165, 1.54) is 0 Å². The van der Waals surface area contributed by atoms with Crippen LogP contribution in [0.5, 0.6) is 0 Å². The Bertz CT molecular complexity index is 591. The van der Waals surface area contributed by atoms with Crippen LogP contribution in [0.3, 0.4) is 0 Å². The standard InChI is InChI=1S/C14H17N5O2/c1-2-3-7-14(18-19-14)8-6-12(20)15-9-11-16-13(21-17-11)10-4-5-10/h1,10H,3-9H2,(H,15,20). The lowest BCUT2D eigenvalue weighted by molar-refractivity contribution is -0.121. The molecular weight excluding hydrogens is 270 g/mol. The molecule has 110 valence electrons. The van der Waals surface area contributed by atoms with Gasteiger partial charge in [0.15, 0.2) is 11.5 Å². The van der Waals surface area contributed by atoms with Crippen LogP contribution in [0.2, 0.25) is 0 Å². The Labute approximate surface area is 122 Å². The molecule has 1 aliphatic heterocycles. The van der Waals surface area contributed by atoms with Crippen LogP contribution in [0.15, 0.2) is 14.8 Å². The van der Waals surface area contributed by atoms with Gasteiger partial charge in [0.25, 0.3) is 0 Å². The summed E-state index contributed by atoms with van der Waals surface area (Å²) in [5, 5.41) is 14.6. The number of hydrogen-bond acceptors (Lipinski definition) is 6. The summed E-state index contributed by atoms with van der Waals surface area (Å²) in [4.78, 5) is 16.1. The first-order chi connectivity index (χ1) is 10.2. The lowest BCUT2D eigenvalue weighted by Gasteiger charge is -2.08. The third-order valence-corrected chi connectivity index (χ3v) is 3.66. The zero-order valence-corrected chi connectivity index (χ0v) is 11.7. The summed E-state index contributed by atoms with van der Waals surface area (Å²) in [6, 6.07) is 0. The van der Waals surface area contributed by atoms with Gasteiger partial charge in [0, 0.05) is 31.6 Å². The molecule has 7 heteroatoms. The summed E-state index contributed by atoms with van der Waals surface area (Å²) < 4.78 is 5.13. The quantitative estimate of drug-likeness (QED) is 0.739. The zero-order chi connectivity index (χ0) is 14.7. The summed E-state index contributed by atoms with van der Waals surface area (Å²) in [7, 11) is 0. The molecule has 1 fully saturated rings. The number of nitrogens with zero attached hydrogens (tertiary/aromatic N) is 4. The molecule has 0 atom stereocenters. The van der Waals surface area contributed by atoms with E-state index in [4.69, 9.17) is 10.9 Å². The van der Waals surface area contributed by atoms with Crippen molar-refractivity contribution in [2.24, 2.45) is 10.2 Å². The number of aromatic nitrogens is 2. The van der Waals surface area contributed by atoms with Gasteiger partial charge in [-0.15, -0.1) is 12.3 Å². The highest BCUT2D eigenvalue weighted by molar-refractivity contribution is 5.75.